The number of aliphatic carboxylic acids is 1. The average molecular weight is 243 g/mol. The molecular formula is C12H21NO4. The molecule has 0 rings (SSSR count). The summed E-state index contributed by atoms with van der Waals surface area (Å²) in [6.07, 6.45) is 3.67. The van der Waals surface area contributed by atoms with Gasteiger partial charge in [-0.2, -0.15) is 0 Å². The molecular weight excluding hydrogens is 222 g/mol. The molecule has 0 aromatic heterocycles. The highest BCUT2D eigenvalue weighted by atomic mass is 16.5. The molecule has 98 valence electrons. The molecule has 17 heavy (non-hydrogen) atoms. The fourth-order valence-electron chi connectivity index (χ4n) is 1.24. The summed E-state index contributed by atoms with van der Waals surface area (Å²) in [7, 11) is 0. The molecule has 0 unspecified atom stereocenters. The highest BCUT2D eigenvalue weighted by Crippen LogP contribution is 2.02. The van der Waals surface area contributed by atoms with E-state index in [-0.39, 0.29) is 5.92 Å². The van der Waals surface area contributed by atoms with E-state index in [1.165, 1.54) is 0 Å². The van der Waals surface area contributed by atoms with Gasteiger partial charge in [-0.25, -0.2) is 9.59 Å². The summed E-state index contributed by atoms with van der Waals surface area (Å²) in [6.45, 7) is 7.33. The van der Waals surface area contributed by atoms with E-state index in [9.17, 15) is 9.59 Å². The highest BCUT2D eigenvalue weighted by Gasteiger charge is 2.23. The van der Waals surface area contributed by atoms with Gasteiger partial charge in [0, 0.05) is 0 Å². The summed E-state index contributed by atoms with van der Waals surface area (Å²) in [5, 5.41) is 11.2. The Kier molecular flexibility index (Phi) is 7.84. The number of nitrogens with one attached hydrogen (secondary N) is 1. The van der Waals surface area contributed by atoms with Crippen molar-refractivity contribution in [2.45, 2.75) is 39.2 Å². The van der Waals surface area contributed by atoms with Crippen molar-refractivity contribution in [3.05, 3.63) is 12.7 Å². The molecule has 1 atom stereocenters. The van der Waals surface area contributed by atoms with Gasteiger partial charge in [0.1, 0.15) is 6.04 Å². The van der Waals surface area contributed by atoms with Crippen LogP contribution >= 0.6 is 0 Å². The number of amides is 1. The minimum absolute atomic E-state index is 0.180. The lowest BCUT2D eigenvalue weighted by molar-refractivity contribution is -0.140. The lowest BCUT2D eigenvalue weighted by Crippen LogP contribution is -2.44. The fraction of sp³-hybridized carbons (Fsp3) is 0.667. The maximum absolute atomic E-state index is 11.3. The van der Waals surface area contributed by atoms with Crippen molar-refractivity contribution in [3.63, 3.8) is 0 Å². The van der Waals surface area contributed by atoms with Crippen molar-refractivity contribution in [1.29, 1.82) is 0 Å². The Morgan fingerprint density at radius 2 is 2.06 bits per heavy atom. The van der Waals surface area contributed by atoms with E-state index in [4.69, 9.17) is 9.84 Å². The highest BCUT2D eigenvalue weighted by molar-refractivity contribution is 5.80. The first-order chi connectivity index (χ1) is 7.99. The van der Waals surface area contributed by atoms with Crippen LogP contribution in [0, 0.1) is 5.92 Å². The van der Waals surface area contributed by atoms with Crippen LogP contribution < -0.4 is 5.32 Å². The number of carbonyl (C=O) groups is 2. The second kappa shape index (κ2) is 8.61. The largest absolute Gasteiger partial charge is 0.480 e. The monoisotopic (exact) mass is 243 g/mol. The third-order valence-corrected chi connectivity index (χ3v) is 2.24. The Hall–Kier alpha value is -1.52. The van der Waals surface area contributed by atoms with Crippen molar-refractivity contribution >= 4 is 12.1 Å². The van der Waals surface area contributed by atoms with E-state index < -0.39 is 18.1 Å². The molecule has 2 N–H and O–H groups in total. The van der Waals surface area contributed by atoms with Crippen molar-refractivity contribution < 1.29 is 19.4 Å². The summed E-state index contributed by atoms with van der Waals surface area (Å²) in [5.74, 6) is -1.23. The lowest BCUT2D eigenvalue weighted by atomic mass is 10.1. The number of carbonyl (C=O) groups excluding carboxylic acids is 1. The normalized spacial score (nSPS) is 11.9. The molecule has 0 heterocycles. The molecule has 0 radical (unpaired) electrons. The zero-order valence-corrected chi connectivity index (χ0v) is 10.4. The lowest BCUT2D eigenvalue weighted by Gasteiger charge is -2.17. The van der Waals surface area contributed by atoms with Gasteiger partial charge in [-0.1, -0.05) is 19.9 Å². The molecule has 0 aliphatic carbocycles. The standard InChI is InChI=1S/C12H21NO4/c1-4-5-6-7-8-17-12(16)13-10(9(2)3)11(14)15/h4,9-10H,1,5-8H2,2-3H3,(H,13,16)(H,14,15)/t10-/m0/s1. The smallest absolute Gasteiger partial charge is 0.407 e. The van der Waals surface area contributed by atoms with Gasteiger partial charge in [0.15, 0.2) is 0 Å². The van der Waals surface area contributed by atoms with E-state index >= 15 is 0 Å². The third kappa shape index (κ3) is 7.38. The second-order valence-corrected chi connectivity index (χ2v) is 4.12. The van der Waals surface area contributed by atoms with E-state index in [2.05, 4.69) is 11.9 Å². The number of rotatable bonds is 8. The number of carboxylic acid groups (broad SMARTS) is 1. The minimum atomic E-state index is -1.05. The van der Waals surface area contributed by atoms with Gasteiger partial charge < -0.3 is 15.2 Å². The van der Waals surface area contributed by atoms with Gasteiger partial charge >= 0.3 is 12.1 Å². The second-order valence-electron chi connectivity index (χ2n) is 4.12. The quantitative estimate of drug-likeness (QED) is 0.506. The number of hydrogen-bond acceptors (Lipinski definition) is 3. The van der Waals surface area contributed by atoms with Gasteiger partial charge in [0.25, 0.3) is 0 Å². The number of alkyl carbamates (subject to hydrolysis) is 1. The molecule has 5 heteroatoms. The first-order valence-electron chi connectivity index (χ1n) is 5.76. The molecule has 5 nitrogen and oxygen atoms in total. The zero-order chi connectivity index (χ0) is 13.3. The number of carboxylic acids is 1. The van der Waals surface area contributed by atoms with Gasteiger partial charge in [-0.3, -0.25) is 0 Å². The Labute approximate surface area is 102 Å². The Balaban J connectivity index is 3.83. The van der Waals surface area contributed by atoms with Gasteiger partial charge in [-0.15, -0.1) is 6.58 Å². The minimum Gasteiger partial charge on any atom is -0.480 e. The molecule has 0 aromatic rings. The van der Waals surface area contributed by atoms with E-state index in [0.29, 0.717) is 6.61 Å². The molecule has 0 fully saturated rings. The summed E-state index contributed by atoms with van der Waals surface area (Å²) < 4.78 is 4.87. The summed E-state index contributed by atoms with van der Waals surface area (Å²) in [5.41, 5.74) is 0. The van der Waals surface area contributed by atoms with Crippen LogP contribution in [0.3, 0.4) is 0 Å². The van der Waals surface area contributed by atoms with Gasteiger partial charge in [0.05, 0.1) is 6.61 Å². The Morgan fingerprint density at radius 1 is 1.41 bits per heavy atom. The first-order valence-corrected chi connectivity index (χ1v) is 5.76. The summed E-state index contributed by atoms with van der Waals surface area (Å²) in [6, 6.07) is -0.907. The zero-order valence-electron chi connectivity index (χ0n) is 10.4. The first kappa shape index (κ1) is 15.5. The average Bonchev–Trinajstić information content (AvgIpc) is 2.24. The van der Waals surface area contributed by atoms with E-state index in [1.54, 1.807) is 19.9 Å². The molecule has 0 aliphatic heterocycles. The maximum atomic E-state index is 11.3. The molecule has 1 amide bonds. The van der Waals surface area contributed by atoms with Crippen LogP contribution in [-0.2, 0) is 9.53 Å². The molecule has 0 spiro atoms. The van der Waals surface area contributed by atoms with Gasteiger partial charge in [0.2, 0.25) is 0 Å². The van der Waals surface area contributed by atoms with Crippen LogP contribution in [0.5, 0.6) is 0 Å². The summed E-state index contributed by atoms with van der Waals surface area (Å²) in [4.78, 5) is 22.1. The Morgan fingerprint density at radius 3 is 2.53 bits per heavy atom. The molecule has 0 aliphatic rings. The number of hydrogen-bond donors (Lipinski definition) is 2. The SMILES string of the molecule is C=CCCCCOC(=O)N[C@H](C(=O)O)C(C)C. The van der Waals surface area contributed by atoms with Crippen LogP contribution in [-0.4, -0.2) is 29.8 Å². The number of allylic oxidation sites excluding steroid dienone is 1. The van der Waals surface area contributed by atoms with Crippen molar-refractivity contribution in [2.24, 2.45) is 5.92 Å². The van der Waals surface area contributed by atoms with Crippen molar-refractivity contribution in [3.8, 4) is 0 Å². The molecule has 0 saturated carbocycles. The topological polar surface area (TPSA) is 75.6 Å². The summed E-state index contributed by atoms with van der Waals surface area (Å²) >= 11 is 0. The van der Waals surface area contributed by atoms with Crippen molar-refractivity contribution in [2.75, 3.05) is 6.61 Å². The molecule has 0 bridgehead atoms. The fourth-order valence-corrected chi connectivity index (χ4v) is 1.24. The predicted molar refractivity (Wildman–Crippen MR) is 64.8 cm³/mol. The van der Waals surface area contributed by atoms with Crippen LogP contribution in [0.25, 0.3) is 0 Å². The third-order valence-electron chi connectivity index (χ3n) is 2.24. The van der Waals surface area contributed by atoms with Gasteiger partial charge in [-0.05, 0) is 25.2 Å². The number of unbranched alkanes of at least 4 members (excludes halogenated alkanes) is 2. The molecule has 0 aromatic carbocycles. The van der Waals surface area contributed by atoms with Crippen LogP contribution in [0.1, 0.15) is 33.1 Å². The maximum Gasteiger partial charge on any atom is 0.407 e. The predicted octanol–water partition coefficient (Wildman–Crippen LogP) is 2.18. The van der Waals surface area contributed by atoms with Crippen LogP contribution in [0.4, 0.5) is 4.79 Å². The van der Waals surface area contributed by atoms with Crippen LogP contribution in [0.2, 0.25) is 0 Å². The molecule has 0 saturated heterocycles. The Bertz CT molecular complexity index is 263. The van der Waals surface area contributed by atoms with Crippen molar-refractivity contribution in [1.82, 2.24) is 5.32 Å². The number of ether oxygens (including phenoxy) is 1. The van der Waals surface area contributed by atoms with E-state index in [1.807, 2.05) is 0 Å². The van der Waals surface area contributed by atoms with E-state index in [0.717, 1.165) is 19.3 Å². The van der Waals surface area contributed by atoms with Crippen LogP contribution in [0.15, 0.2) is 12.7 Å².